The van der Waals surface area contributed by atoms with Crippen LogP contribution in [0.5, 0.6) is 0 Å². The number of rotatable bonds is 8. The Kier molecular flexibility index (Phi) is 6.44. The zero-order chi connectivity index (χ0) is 12.7. The number of hydrogen-bond acceptors (Lipinski definition) is 3. The lowest BCUT2D eigenvalue weighted by Crippen LogP contribution is -2.31. The predicted molar refractivity (Wildman–Crippen MR) is 71.5 cm³/mol. The molecular weight excluding hydrogens is 236 g/mol. The second-order valence-corrected chi connectivity index (χ2v) is 7.07. The van der Waals surface area contributed by atoms with Crippen LogP contribution in [0.25, 0.3) is 0 Å². The third-order valence-corrected chi connectivity index (χ3v) is 4.97. The molecule has 1 rings (SSSR count). The van der Waals surface area contributed by atoms with Gasteiger partial charge in [0.1, 0.15) is 0 Å². The van der Waals surface area contributed by atoms with Crippen molar-refractivity contribution in [3.63, 3.8) is 0 Å². The Morgan fingerprint density at radius 1 is 1.47 bits per heavy atom. The van der Waals surface area contributed by atoms with Crippen molar-refractivity contribution in [3.8, 4) is 0 Å². The first kappa shape index (κ1) is 14.9. The molecule has 0 aromatic carbocycles. The maximum Gasteiger partial charge on any atom is 0.211 e. The smallest absolute Gasteiger partial charge is 0.211 e. The van der Waals surface area contributed by atoms with Crippen LogP contribution in [0.3, 0.4) is 0 Å². The van der Waals surface area contributed by atoms with E-state index in [1.165, 1.54) is 6.42 Å². The van der Waals surface area contributed by atoms with Gasteiger partial charge in [-0.05, 0) is 44.2 Å². The topological polar surface area (TPSA) is 58.2 Å². The van der Waals surface area contributed by atoms with Crippen molar-refractivity contribution in [2.45, 2.75) is 39.5 Å². The third kappa shape index (κ3) is 6.38. The minimum absolute atomic E-state index is 0.255. The fourth-order valence-electron chi connectivity index (χ4n) is 2.39. The summed E-state index contributed by atoms with van der Waals surface area (Å²) in [5, 5.41) is 3.29. The van der Waals surface area contributed by atoms with Crippen LogP contribution < -0.4 is 10.0 Å². The Labute approximate surface area is 106 Å². The Morgan fingerprint density at radius 2 is 2.24 bits per heavy atom. The highest BCUT2D eigenvalue weighted by molar-refractivity contribution is 7.89. The average molecular weight is 262 g/mol. The molecule has 17 heavy (non-hydrogen) atoms. The molecule has 0 bridgehead atoms. The standard InChI is InChI=1S/C12H26N2O2S/c1-3-4-11(2)10-17(15,16)14-8-6-12-5-7-13-9-12/h11-14H,3-10H2,1-2H3. The highest BCUT2D eigenvalue weighted by Crippen LogP contribution is 2.12. The van der Waals surface area contributed by atoms with Gasteiger partial charge in [0.2, 0.25) is 10.0 Å². The van der Waals surface area contributed by atoms with Crippen molar-refractivity contribution in [2.75, 3.05) is 25.4 Å². The van der Waals surface area contributed by atoms with Crippen molar-refractivity contribution in [2.24, 2.45) is 11.8 Å². The molecule has 2 unspecified atom stereocenters. The molecule has 0 saturated carbocycles. The van der Waals surface area contributed by atoms with Crippen LogP contribution in [-0.4, -0.2) is 33.8 Å². The molecule has 0 amide bonds. The van der Waals surface area contributed by atoms with Crippen molar-refractivity contribution in [1.82, 2.24) is 10.0 Å². The van der Waals surface area contributed by atoms with E-state index in [0.717, 1.165) is 32.4 Å². The van der Waals surface area contributed by atoms with Crippen LogP contribution in [0.1, 0.15) is 39.5 Å². The van der Waals surface area contributed by atoms with Gasteiger partial charge < -0.3 is 5.32 Å². The summed E-state index contributed by atoms with van der Waals surface area (Å²) in [6.45, 7) is 6.79. The van der Waals surface area contributed by atoms with E-state index in [1.807, 2.05) is 6.92 Å². The molecule has 0 spiro atoms. The maximum absolute atomic E-state index is 11.8. The Morgan fingerprint density at radius 3 is 2.82 bits per heavy atom. The first-order valence-corrected chi connectivity index (χ1v) is 8.36. The molecule has 2 atom stereocenters. The summed E-state index contributed by atoms with van der Waals surface area (Å²) < 4.78 is 26.2. The van der Waals surface area contributed by atoms with Crippen molar-refractivity contribution >= 4 is 10.0 Å². The van der Waals surface area contributed by atoms with Crippen molar-refractivity contribution < 1.29 is 8.42 Å². The number of nitrogens with one attached hydrogen (secondary N) is 2. The average Bonchev–Trinajstić information content (AvgIpc) is 2.69. The summed E-state index contributed by atoms with van der Waals surface area (Å²) in [6, 6.07) is 0. The summed E-state index contributed by atoms with van der Waals surface area (Å²) in [6.07, 6.45) is 4.15. The van der Waals surface area contributed by atoms with Gasteiger partial charge in [0.25, 0.3) is 0 Å². The molecule has 2 N–H and O–H groups in total. The molecule has 0 radical (unpaired) electrons. The van der Waals surface area contributed by atoms with Gasteiger partial charge in [0.15, 0.2) is 0 Å². The highest BCUT2D eigenvalue weighted by Gasteiger charge is 2.17. The van der Waals surface area contributed by atoms with Gasteiger partial charge in [-0.25, -0.2) is 13.1 Å². The highest BCUT2D eigenvalue weighted by atomic mass is 32.2. The summed E-state index contributed by atoms with van der Waals surface area (Å²) in [5.74, 6) is 1.17. The van der Waals surface area contributed by atoms with E-state index < -0.39 is 10.0 Å². The molecule has 1 fully saturated rings. The zero-order valence-electron chi connectivity index (χ0n) is 11.0. The molecule has 5 heteroatoms. The molecule has 1 aliphatic rings. The first-order valence-electron chi connectivity index (χ1n) is 6.71. The quantitative estimate of drug-likeness (QED) is 0.694. The van der Waals surface area contributed by atoms with Gasteiger partial charge in [0, 0.05) is 6.54 Å². The lowest BCUT2D eigenvalue weighted by molar-refractivity contribution is 0.509. The van der Waals surface area contributed by atoms with Crippen LogP contribution in [0, 0.1) is 11.8 Å². The Bertz CT molecular complexity index is 298. The molecule has 1 aliphatic heterocycles. The van der Waals surface area contributed by atoms with Gasteiger partial charge in [-0.1, -0.05) is 20.3 Å². The molecule has 4 nitrogen and oxygen atoms in total. The monoisotopic (exact) mass is 262 g/mol. The van der Waals surface area contributed by atoms with E-state index in [0.29, 0.717) is 12.5 Å². The molecular formula is C12H26N2O2S. The summed E-state index contributed by atoms with van der Waals surface area (Å²) in [5.41, 5.74) is 0. The van der Waals surface area contributed by atoms with Gasteiger partial charge in [-0.15, -0.1) is 0 Å². The largest absolute Gasteiger partial charge is 0.316 e. The van der Waals surface area contributed by atoms with Crippen LogP contribution >= 0.6 is 0 Å². The van der Waals surface area contributed by atoms with Crippen LogP contribution in [0.4, 0.5) is 0 Å². The van der Waals surface area contributed by atoms with Crippen molar-refractivity contribution in [1.29, 1.82) is 0 Å². The Balaban J connectivity index is 2.19. The fraction of sp³-hybridized carbons (Fsp3) is 1.00. The predicted octanol–water partition coefficient (Wildman–Crippen LogP) is 1.34. The summed E-state index contributed by atoms with van der Waals surface area (Å²) in [7, 11) is -3.07. The zero-order valence-corrected chi connectivity index (χ0v) is 11.9. The Hall–Kier alpha value is -0.130. The van der Waals surface area contributed by atoms with E-state index in [2.05, 4.69) is 17.0 Å². The second-order valence-electron chi connectivity index (χ2n) is 5.22. The molecule has 0 aliphatic carbocycles. The molecule has 0 aromatic rings. The van der Waals surface area contributed by atoms with E-state index in [4.69, 9.17) is 0 Å². The first-order chi connectivity index (χ1) is 8.03. The number of sulfonamides is 1. The van der Waals surface area contributed by atoms with Gasteiger partial charge in [-0.3, -0.25) is 0 Å². The SMILES string of the molecule is CCCC(C)CS(=O)(=O)NCCC1CCNC1. The van der Waals surface area contributed by atoms with E-state index in [1.54, 1.807) is 0 Å². The lowest BCUT2D eigenvalue weighted by atomic mass is 10.1. The normalized spacial score (nSPS) is 22.8. The van der Waals surface area contributed by atoms with Crippen molar-refractivity contribution in [3.05, 3.63) is 0 Å². The van der Waals surface area contributed by atoms with Crippen LogP contribution in [-0.2, 0) is 10.0 Å². The minimum atomic E-state index is -3.07. The molecule has 1 saturated heterocycles. The lowest BCUT2D eigenvalue weighted by Gasteiger charge is -2.13. The van der Waals surface area contributed by atoms with E-state index >= 15 is 0 Å². The van der Waals surface area contributed by atoms with Crippen LogP contribution in [0.2, 0.25) is 0 Å². The maximum atomic E-state index is 11.8. The summed E-state index contributed by atoms with van der Waals surface area (Å²) >= 11 is 0. The van der Waals surface area contributed by atoms with Gasteiger partial charge >= 0.3 is 0 Å². The minimum Gasteiger partial charge on any atom is -0.316 e. The van der Waals surface area contributed by atoms with Gasteiger partial charge in [0.05, 0.1) is 5.75 Å². The summed E-state index contributed by atoms with van der Waals surface area (Å²) in [4.78, 5) is 0. The number of hydrogen-bond donors (Lipinski definition) is 2. The fourth-order valence-corrected chi connectivity index (χ4v) is 3.85. The molecule has 1 heterocycles. The van der Waals surface area contributed by atoms with E-state index in [9.17, 15) is 8.42 Å². The van der Waals surface area contributed by atoms with E-state index in [-0.39, 0.29) is 11.7 Å². The second kappa shape index (κ2) is 7.34. The van der Waals surface area contributed by atoms with Crippen LogP contribution in [0.15, 0.2) is 0 Å². The molecule has 102 valence electrons. The molecule has 0 aromatic heterocycles. The van der Waals surface area contributed by atoms with Gasteiger partial charge in [-0.2, -0.15) is 0 Å². The third-order valence-electron chi connectivity index (χ3n) is 3.32.